The summed E-state index contributed by atoms with van der Waals surface area (Å²) in [5, 5.41) is 0.480. The van der Waals surface area contributed by atoms with Crippen molar-refractivity contribution in [1.82, 2.24) is 0 Å². The number of carbonyl (C=O) groups excluding carboxylic acids is 2. The third-order valence-corrected chi connectivity index (χ3v) is 3.59. The third kappa shape index (κ3) is 5.47. The second-order valence-corrected chi connectivity index (χ2v) is 5.12. The van der Waals surface area contributed by atoms with Crippen molar-refractivity contribution in [2.24, 2.45) is 10.9 Å². The molecule has 0 atom stereocenters. The van der Waals surface area contributed by atoms with Crippen LogP contribution in [0.15, 0.2) is 27.7 Å². The van der Waals surface area contributed by atoms with E-state index in [0.717, 1.165) is 4.47 Å². The molecule has 0 aliphatic heterocycles. The highest BCUT2D eigenvalue weighted by molar-refractivity contribution is 9.10. The Kier molecular flexibility index (Phi) is 7.39. The first kappa shape index (κ1) is 17.7. The van der Waals surface area contributed by atoms with E-state index < -0.39 is 17.9 Å². The minimum absolute atomic E-state index is 0.173. The molecule has 5 nitrogen and oxygen atoms in total. The first-order valence-electron chi connectivity index (χ1n) is 6.32. The van der Waals surface area contributed by atoms with Crippen LogP contribution >= 0.6 is 27.5 Å². The van der Waals surface area contributed by atoms with E-state index in [-0.39, 0.29) is 13.2 Å². The quantitative estimate of drug-likeness (QED) is 0.433. The van der Waals surface area contributed by atoms with E-state index in [1.165, 1.54) is 6.21 Å². The van der Waals surface area contributed by atoms with Crippen molar-refractivity contribution >= 4 is 51.4 Å². The van der Waals surface area contributed by atoms with Gasteiger partial charge in [0.25, 0.3) is 0 Å². The summed E-state index contributed by atoms with van der Waals surface area (Å²) in [5.41, 5.74) is 0.516. The largest absolute Gasteiger partial charge is 0.465 e. The summed E-state index contributed by atoms with van der Waals surface area (Å²) in [7, 11) is 0. The van der Waals surface area contributed by atoms with Gasteiger partial charge >= 0.3 is 11.9 Å². The van der Waals surface area contributed by atoms with Gasteiger partial charge < -0.3 is 9.47 Å². The normalized spacial score (nSPS) is 10.9. The maximum atomic E-state index is 11.8. The molecule has 21 heavy (non-hydrogen) atoms. The lowest BCUT2D eigenvalue weighted by molar-refractivity contribution is -0.157. The molecule has 0 aliphatic rings. The summed E-state index contributed by atoms with van der Waals surface area (Å²) in [4.78, 5) is 27.6. The number of carbonyl (C=O) groups is 2. The molecule has 1 aromatic carbocycles. The molecular weight excluding hydrogens is 362 g/mol. The first-order chi connectivity index (χ1) is 9.99. The average Bonchev–Trinajstić information content (AvgIpc) is 2.43. The van der Waals surface area contributed by atoms with Gasteiger partial charge in [0.2, 0.25) is 0 Å². The van der Waals surface area contributed by atoms with Crippen molar-refractivity contribution in [1.29, 1.82) is 0 Å². The molecule has 1 aromatic rings. The molecular formula is C14H15BrClNO4. The number of hydrogen-bond acceptors (Lipinski definition) is 5. The molecule has 0 N–H and O–H groups in total. The summed E-state index contributed by atoms with van der Waals surface area (Å²) < 4.78 is 10.4. The summed E-state index contributed by atoms with van der Waals surface area (Å²) in [5.74, 6) is -2.57. The van der Waals surface area contributed by atoms with Crippen LogP contribution < -0.4 is 0 Å². The van der Waals surface area contributed by atoms with Gasteiger partial charge in [-0.2, -0.15) is 0 Å². The molecule has 0 aromatic heterocycles. The lowest BCUT2D eigenvalue weighted by Crippen LogP contribution is -2.29. The number of esters is 2. The highest BCUT2D eigenvalue weighted by atomic mass is 79.9. The molecule has 0 saturated carbocycles. The Morgan fingerprint density at radius 1 is 1.29 bits per heavy atom. The second-order valence-electron chi connectivity index (χ2n) is 3.86. The van der Waals surface area contributed by atoms with Crippen LogP contribution in [0, 0.1) is 5.92 Å². The number of nitrogens with zero attached hydrogens (tertiary/aromatic N) is 1. The molecule has 1 rings (SSSR count). The summed E-state index contributed by atoms with van der Waals surface area (Å²) in [6.45, 7) is 3.66. The SMILES string of the molecule is CCOC(=O)C(C=Nc1ccc(Br)c(Cl)c1)C(=O)OCC. The number of ether oxygens (including phenoxy) is 2. The molecule has 7 heteroatoms. The second kappa shape index (κ2) is 8.79. The van der Waals surface area contributed by atoms with Crippen LogP contribution in [-0.4, -0.2) is 31.4 Å². The Hall–Kier alpha value is -1.40. The van der Waals surface area contributed by atoms with Crippen LogP contribution in [0.1, 0.15) is 13.8 Å². The fraction of sp³-hybridized carbons (Fsp3) is 0.357. The zero-order valence-corrected chi connectivity index (χ0v) is 14.0. The van der Waals surface area contributed by atoms with Gasteiger partial charge in [-0.15, -0.1) is 0 Å². The summed E-state index contributed by atoms with van der Waals surface area (Å²) in [6, 6.07) is 5.02. The van der Waals surface area contributed by atoms with E-state index in [1.807, 2.05) is 0 Å². The minimum atomic E-state index is -1.19. The Labute approximate surface area is 136 Å². The molecule has 0 amide bonds. The molecule has 0 bridgehead atoms. The van der Waals surface area contributed by atoms with Crippen LogP contribution in [-0.2, 0) is 19.1 Å². The zero-order valence-electron chi connectivity index (χ0n) is 11.6. The van der Waals surface area contributed by atoms with Crippen LogP contribution in [0.4, 0.5) is 5.69 Å². The lowest BCUT2D eigenvalue weighted by Gasteiger charge is -2.10. The number of aliphatic imine (C=N–C) groups is 1. The van der Waals surface area contributed by atoms with Gasteiger partial charge in [-0.3, -0.25) is 14.6 Å². The molecule has 0 aliphatic carbocycles. The van der Waals surface area contributed by atoms with E-state index in [0.29, 0.717) is 10.7 Å². The highest BCUT2D eigenvalue weighted by Crippen LogP contribution is 2.26. The van der Waals surface area contributed by atoms with Gasteiger partial charge in [-0.25, -0.2) is 0 Å². The van der Waals surface area contributed by atoms with Gasteiger partial charge in [0.05, 0.1) is 23.9 Å². The van der Waals surface area contributed by atoms with Gasteiger partial charge in [0.1, 0.15) is 0 Å². The van der Waals surface area contributed by atoms with Crippen molar-refractivity contribution in [2.45, 2.75) is 13.8 Å². The van der Waals surface area contributed by atoms with Crippen molar-refractivity contribution in [3.8, 4) is 0 Å². The predicted molar refractivity (Wildman–Crippen MR) is 84.1 cm³/mol. The number of halogens is 2. The van der Waals surface area contributed by atoms with Crippen LogP contribution in [0.25, 0.3) is 0 Å². The van der Waals surface area contributed by atoms with Gasteiger partial charge in [-0.1, -0.05) is 11.6 Å². The maximum Gasteiger partial charge on any atom is 0.325 e. The number of benzene rings is 1. The zero-order chi connectivity index (χ0) is 15.8. The summed E-state index contributed by atoms with van der Waals surface area (Å²) in [6.07, 6.45) is 1.20. The molecule has 0 fully saturated rings. The van der Waals surface area contributed by atoms with Gasteiger partial charge in [0.15, 0.2) is 5.92 Å². The number of hydrogen-bond donors (Lipinski definition) is 0. The minimum Gasteiger partial charge on any atom is -0.465 e. The Bertz CT molecular complexity index is 530. The molecule has 0 spiro atoms. The molecule has 114 valence electrons. The lowest BCUT2D eigenvalue weighted by atomic mass is 10.1. The van der Waals surface area contributed by atoms with Crippen molar-refractivity contribution in [2.75, 3.05) is 13.2 Å². The molecule has 0 radical (unpaired) electrons. The highest BCUT2D eigenvalue weighted by Gasteiger charge is 2.27. The van der Waals surface area contributed by atoms with Crippen LogP contribution in [0.3, 0.4) is 0 Å². The smallest absolute Gasteiger partial charge is 0.325 e. The Balaban J connectivity index is 2.93. The fourth-order valence-corrected chi connectivity index (χ4v) is 1.83. The molecule has 0 unspecified atom stereocenters. The first-order valence-corrected chi connectivity index (χ1v) is 7.49. The monoisotopic (exact) mass is 375 g/mol. The topological polar surface area (TPSA) is 65.0 Å². The maximum absolute atomic E-state index is 11.8. The van der Waals surface area contributed by atoms with Crippen LogP contribution in [0.2, 0.25) is 5.02 Å². The van der Waals surface area contributed by atoms with Gasteiger partial charge in [0, 0.05) is 10.7 Å². The standard InChI is InChI=1S/C14H15BrClNO4/c1-3-20-13(18)10(14(19)21-4-2)8-17-9-5-6-11(15)12(16)7-9/h5-8,10H,3-4H2,1-2H3. The fourth-order valence-electron chi connectivity index (χ4n) is 1.41. The number of rotatable bonds is 6. The van der Waals surface area contributed by atoms with E-state index in [1.54, 1.807) is 32.0 Å². The van der Waals surface area contributed by atoms with Crippen molar-refractivity contribution in [3.63, 3.8) is 0 Å². The van der Waals surface area contributed by atoms with E-state index in [9.17, 15) is 9.59 Å². The van der Waals surface area contributed by atoms with Gasteiger partial charge in [-0.05, 0) is 48.0 Å². The van der Waals surface area contributed by atoms with E-state index in [4.69, 9.17) is 21.1 Å². The van der Waals surface area contributed by atoms with Crippen molar-refractivity contribution in [3.05, 3.63) is 27.7 Å². The molecule has 0 heterocycles. The van der Waals surface area contributed by atoms with E-state index >= 15 is 0 Å². The Morgan fingerprint density at radius 2 is 1.86 bits per heavy atom. The summed E-state index contributed by atoms with van der Waals surface area (Å²) >= 11 is 9.21. The molecule has 0 saturated heterocycles. The predicted octanol–water partition coefficient (Wildman–Crippen LogP) is 3.55. The van der Waals surface area contributed by atoms with Crippen molar-refractivity contribution < 1.29 is 19.1 Å². The van der Waals surface area contributed by atoms with Crippen LogP contribution in [0.5, 0.6) is 0 Å². The Morgan fingerprint density at radius 3 is 2.33 bits per heavy atom. The van der Waals surface area contributed by atoms with E-state index in [2.05, 4.69) is 20.9 Å². The average molecular weight is 377 g/mol. The third-order valence-electron chi connectivity index (χ3n) is 2.36.